The summed E-state index contributed by atoms with van der Waals surface area (Å²) < 4.78 is 5.23. The maximum Gasteiger partial charge on any atom is 0.359 e. The Bertz CT molecular complexity index is 630. The number of rotatable bonds is 4. The van der Waals surface area contributed by atoms with E-state index in [0.29, 0.717) is 17.3 Å². The Morgan fingerprint density at radius 1 is 1.27 bits per heavy atom. The summed E-state index contributed by atoms with van der Waals surface area (Å²) in [6.45, 7) is 1.97. The molecule has 1 aliphatic rings. The number of ether oxygens (including phenoxy) is 1. The van der Waals surface area contributed by atoms with Crippen molar-refractivity contribution in [2.45, 2.75) is 51.6 Å². The molecule has 0 spiro atoms. The maximum absolute atomic E-state index is 12.0. The number of aryl methyl sites for hydroxylation is 1. The number of carbonyl (C=O) groups excluding carboxylic acids is 1. The molecule has 0 unspecified atom stereocenters. The van der Waals surface area contributed by atoms with E-state index in [1.807, 2.05) is 13.0 Å². The highest BCUT2D eigenvalue weighted by molar-refractivity contribution is 5.87. The molecule has 116 valence electrons. The van der Waals surface area contributed by atoms with Gasteiger partial charge in [-0.1, -0.05) is 19.3 Å². The van der Waals surface area contributed by atoms with Gasteiger partial charge in [-0.3, -0.25) is 15.1 Å². The number of carbonyl (C=O) groups is 1. The van der Waals surface area contributed by atoms with Crippen molar-refractivity contribution in [3.63, 3.8) is 0 Å². The average Bonchev–Trinajstić information content (AvgIpc) is 3.05. The van der Waals surface area contributed by atoms with Crippen LogP contribution in [-0.2, 0) is 11.3 Å². The molecule has 0 amide bonds. The third kappa shape index (κ3) is 3.50. The van der Waals surface area contributed by atoms with Gasteiger partial charge >= 0.3 is 5.97 Å². The van der Waals surface area contributed by atoms with Crippen LogP contribution in [0.5, 0.6) is 0 Å². The maximum atomic E-state index is 12.0. The molecule has 2 heterocycles. The molecule has 22 heavy (non-hydrogen) atoms. The highest BCUT2D eigenvalue weighted by atomic mass is 16.5. The Balaban J connectivity index is 1.58. The van der Waals surface area contributed by atoms with Gasteiger partial charge in [0.1, 0.15) is 6.61 Å². The summed E-state index contributed by atoms with van der Waals surface area (Å²) in [6.07, 6.45) is 9.38. The first kappa shape index (κ1) is 14.7. The normalized spacial score (nSPS) is 15.7. The van der Waals surface area contributed by atoms with Crippen LogP contribution in [0.1, 0.15) is 65.6 Å². The molecule has 0 atom stereocenters. The number of aromatic amines is 1. The monoisotopic (exact) mass is 300 g/mol. The van der Waals surface area contributed by atoms with Crippen LogP contribution in [-0.4, -0.2) is 26.1 Å². The highest BCUT2D eigenvalue weighted by Gasteiger charge is 2.20. The number of nitrogens with one attached hydrogen (secondary N) is 1. The van der Waals surface area contributed by atoms with E-state index in [0.717, 1.165) is 24.2 Å². The zero-order valence-corrected chi connectivity index (χ0v) is 12.7. The minimum absolute atomic E-state index is 0.109. The van der Waals surface area contributed by atoms with Crippen molar-refractivity contribution >= 4 is 5.97 Å². The van der Waals surface area contributed by atoms with Crippen LogP contribution in [0, 0.1) is 6.92 Å². The average molecular weight is 300 g/mol. The predicted molar refractivity (Wildman–Crippen MR) is 80.3 cm³/mol. The lowest BCUT2D eigenvalue weighted by molar-refractivity contribution is 0.0460. The Morgan fingerprint density at radius 3 is 2.82 bits per heavy atom. The standard InChI is InChI=1S/C16H20N4O2/c1-11-8-18-13(9-17-11)10-22-16(21)15-7-14(19-20-15)12-5-3-2-4-6-12/h7-9,12H,2-6,10H2,1H3,(H,19,20). The van der Waals surface area contributed by atoms with Crippen LogP contribution in [0.15, 0.2) is 18.5 Å². The lowest BCUT2D eigenvalue weighted by Crippen LogP contribution is -2.07. The van der Waals surface area contributed by atoms with Crippen LogP contribution in [0.4, 0.5) is 0 Å². The summed E-state index contributed by atoms with van der Waals surface area (Å²) in [7, 11) is 0. The summed E-state index contributed by atoms with van der Waals surface area (Å²) in [5.41, 5.74) is 2.84. The smallest absolute Gasteiger partial charge is 0.359 e. The van der Waals surface area contributed by atoms with Crippen LogP contribution in [0.2, 0.25) is 0 Å². The number of aromatic nitrogens is 4. The van der Waals surface area contributed by atoms with Crippen molar-refractivity contribution in [2.75, 3.05) is 0 Å². The van der Waals surface area contributed by atoms with E-state index in [4.69, 9.17) is 4.74 Å². The van der Waals surface area contributed by atoms with E-state index < -0.39 is 5.97 Å². The second-order valence-corrected chi connectivity index (χ2v) is 5.77. The number of nitrogens with zero attached hydrogens (tertiary/aromatic N) is 3. The molecule has 0 bridgehead atoms. The first-order valence-corrected chi connectivity index (χ1v) is 7.72. The summed E-state index contributed by atoms with van der Waals surface area (Å²) in [5.74, 6) is 0.0615. The molecule has 2 aromatic heterocycles. The molecule has 6 nitrogen and oxygen atoms in total. The molecule has 1 saturated carbocycles. The molecule has 1 fully saturated rings. The Morgan fingerprint density at radius 2 is 2.09 bits per heavy atom. The number of esters is 1. The Labute approximate surface area is 129 Å². The molecule has 2 aromatic rings. The fraction of sp³-hybridized carbons (Fsp3) is 0.500. The number of H-pyrrole nitrogens is 1. The third-order valence-corrected chi connectivity index (χ3v) is 4.04. The lowest BCUT2D eigenvalue weighted by atomic mass is 9.87. The van der Waals surface area contributed by atoms with Crippen molar-refractivity contribution in [1.29, 1.82) is 0 Å². The lowest BCUT2D eigenvalue weighted by Gasteiger charge is -2.19. The Hall–Kier alpha value is -2.24. The summed E-state index contributed by atoms with van der Waals surface area (Å²) in [4.78, 5) is 20.3. The Kier molecular flexibility index (Phi) is 4.46. The van der Waals surface area contributed by atoms with E-state index in [1.54, 1.807) is 12.4 Å². The van der Waals surface area contributed by atoms with Crippen LogP contribution >= 0.6 is 0 Å². The minimum atomic E-state index is -0.430. The highest BCUT2D eigenvalue weighted by Crippen LogP contribution is 2.31. The fourth-order valence-corrected chi connectivity index (χ4v) is 2.77. The molecule has 1 N–H and O–H groups in total. The zero-order chi connectivity index (χ0) is 15.4. The predicted octanol–water partition coefficient (Wildman–Crippen LogP) is 2.91. The molecule has 0 aromatic carbocycles. The van der Waals surface area contributed by atoms with Crippen molar-refractivity contribution < 1.29 is 9.53 Å². The molecular weight excluding hydrogens is 280 g/mol. The van der Waals surface area contributed by atoms with E-state index in [9.17, 15) is 4.79 Å². The van der Waals surface area contributed by atoms with E-state index in [1.165, 1.54) is 19.3 Å². The van der Waals surface area contributed by atoms with Gasteiger partial charge in [0.05, 0.1) is 17.6 Å². The van der Waals surface area contributed by atoms with Gasteiger partial charge in [-0.2, -0.15) is 5.10 Å². The van der Waals surface area contributed by atoms with Crippen molar-refractivity contribution in [3.8, 4) is 0 Å². The summed E-state index contributed by atoms with van der Waals surface area (Å²) in [6, 6.07) is 1.82. The first-order valence-electron chi connectivity index (χ1n) is 7.72. The van der Waals surface area contributed by atoms with Crippen LogP contribution in [0.3, 0.4) is 0 Å². The van der Waals surface area contributed by atoms with Crippen LogP contribution < -0.4 is 0 Å². The zero-order valence-electron chi connectivity index (χ0n) is 12.7. The molecule has 1 aliphatic carbocycles. The van der Waals surface area contributed by atoms with E-state index in [2.05, 4.69) is 20.2 Å². The second kappa shape index (κ2) is 6.68. The van der Waals surface area contributed by atoms with Gasteiger partial charge in [-0.15, -0.1) is 0 Å². The van der Waals surface area contributed by atoms with Crippen molar-refractivity contribution in [3.05, 3.63) is 41.2 Å². The molecule has 3 rings (SSSR count). The van der Waals surface area contributed by atoms with Gasteiger partial charge < -0.3 is 4.74 Å². The quantitative estimate of drug-likeness (QED) is 0.878. The summed E-state index contributed by atoms with van der Waals surface area (Å²) in [5, 5.41) is 7.07. The van der Waals surface area contributed by atoms with Gasteiger partial charge in [0.15, 0.2) is 5.69 Å². The second-order valence-electron chi connectivity index (χ2n) is 5.77. The van der Waals surface area contributed by atoms with Crippen molar-refractivity contribution in [1.82, 2.24) is 20.2 Å². The van der Waals surface area contributed by atoms with Gasteiger partial charge in [0.25, 0.3) is 0 Å². The van der Waals surface area contributed by atoms with Gasteiger partial charge in [-0.05, 0) is 25.8 Å². The summed E-state index contributed by atoms with van der Waals surface area (Å²) >= 11 is 0. The third-order valence-electron chi connectivity index (χ3n) is 4.04. The fourth-order valence-electron chi connectivity index (χ4n) is 2.77. The van der Waals surface area contributed by atoms with Crippen molar-refractivity contribution in [2.24, 2.45) is 0 Å². The topological polar surface area (TPSA) is 80.8 Å². The van der Waals surface area contributed by atoms with Gasteiger partial charge in [0.2, 0.25) is 0 Å². The molecule has 0 radical (unpaired) electrons. The number of hydrogen-bond donors (Lipinski definition) is 1. The van der Waals surface area contributed by atoms with Gasteiger partial charge in [-0.25, -0.2) is 4.79 Å². The molecule has 0 aliphatic heterocycles. The molecular formula is C16H20N4O2. The van der Waals surface area contributed by atoms with E-state index >= 15 is 0 Å². The number of hydrogen-bond acceptors (Lipinski definition) is 5. The minimum Gasteiger partial charge on any atom is -0.454 e. The van der Waals surface area contributed by atoms with Crippen LogP contribution in [0.25, 0.3) is 0 Å². The molecule has 6 heteroatoms. The molecule has 0 saturated heterocycles. The van der Waals surface area contributed by atoms with E-state index in [-0.39, 0.29) is 6.61 Å². The largest absolute Gasteiger partial charge is 0.454 e. The van der Waals surface area contributed by atoms with Gasteiger partial charge in [0, 0.05) is 17.8 Å². The first-order chi connectivity index (χ1) is 10.7. The SMILES string of the molecule is Cc1cnc(COC(=O)c2cc(C3CCCCC3)[nH]n2)cn1.